The lowest BCUT2D eigenvalue weighted by molar-refractivity contribution is -0.304. The van der Waals surface area contributed by atoms with Crippen LogP contribution in [-0.4, -0.2) is 23.2 Å². The molecule has 1 saturated carbocycles. The molecular weight excluding hydrogens is 244 g/mol. The van der Waals surface area contributed by atoms with Crippen LogP contribution in [0.2, 0.25) is 0 Å². The third kappa shape index (κ3) is 2.19. The first-order chi connectivity index (χ1) is 8.89. The summed E-state index contributed by atoms with van der Waals surface area (Å²) in [5, 5.41) is 10.2. The zero-order valence-corrected chi connectivity index (χ0v) is 12.0. The van der Waals surface area contributed by atoms with Crippen LogP contribution in [0.3, 0.4) is 0 Å². The van der Waals surface area contributed by atoms with Crippen molar-refractivity contribution < 1.29 is 19.4 Å². The van der Waals surface area contributed by atoms with Gasteiger partial charge in [-0.25, -0.2) is 0 Å². The van der Waals surface area contributed by atoms with Crippen molar-refractivity contribution in [1.29, 1.82) is 0 Å². The molecule has 4 heteroatoms. The Morgan fingerprint density at radius 3 is 2.68 bits per heavy atom. The molecule has 2 heterocycles. The molecule has 7 atom stereocenters. The fourth-order valence-corrected chi connectivity index (χ4v) is 4.34. The van der Waals surface area contributed by atoms with Gasteiger partial charge in [-0.1, -0.05) is 20.3 Å². The minimum atomic E-state index is -1.17. The summed E-state index contributed by atoms with van der Waals surface area (Å²) in [4.78, 5) is 12.0. The van der Waals surface area contributed by atoms with Gasteiger partial charge < -0.3 is 14.6 Å². The summed E-state index contributed by atoms with van der Waals surface area (Å²) in [6.45, 7) is 5.92. The van der Waals surface area contributed by atoms with E-state index in [1.54, 1.807) is 6.92 Å². The van der Waals surface area contributed by atoms with Gasteiger partial charge in [0.15, 0.2) is 5.79 Å². The van der Waals surface area contributed by atoms with E-state index in [0.29, 0.717) is 24.2 Å². The van der Waals surface area contributed by atoms with Gasteiger partial charge in [0.2, 0.25) is 6.29 Å². The second-order valence-corrected chi connectivity index (χ2v) is 6.89. The van der Waals surface area contributed by atoms with Crippen molar-refractivity contribution in [3.05, 3.63) is 0 Å². The summed E-state index contributed by atoms with van der Waals surface area (Å²) in [5.74, 6) is 0.332. The molecule has 7 unspecified atom stereocenters. The van der Waals surface area contributed by atoms with Gasteiger partial charge in [0.05, 0.1) is 5.92 Å². The molecule has 0 radical (unpaired) electrons. The lowest BCUT2D eigenvalue weighted by Gasteiger charge is -2.48. The number of carbonyl (C=O) groups is 1. The van der Waals surface area contributed by atoms with Gasteiger partial charge in [-0.3, -0.25) is 4.79 Å². The third-order valence-corrected chi connectivity index (χ3v) is 5.55. The van der Waals surface area contributed by atoms with E-state index in [4.69, 9.17) is 9.47 Å². The topological polar surface area (TPSA) is 55.8 Å². The Labute approximate surface area is 114 Å². The van der Waals surface area contributed by atoms with E-state index in [9.17, 15) is 9.90 Å². The van der Waals surface area contributed by atoms with E-state index in [-0.39, 0.29) is 17.8 Å². The Balaban J connectivity index is 1.95. The summed E-state index contributed by atoms with van der Waals surface area (Å²) >= 11 is 0. The maximum absolute atomic E-state index is 12.0. The van der Waals surface area contributed by atoms with Gasteiger partial charge in [-0.2, -0.15) is 0 Å². The minimum absolute atomic E-state index is 0.0390. The average molecular weight is 268 g/mol. The fourth-order valence-electron chi connectivity index (χ4n) is 4.34. The first-order valence-electron chi connectivity index (χ1n) is 7.50. The van der Waals surface area contributed by atoms with Gasteiger partial charge in [0.1, 0.15) is 0 Å². The number of ether oxygens (including phenoxy) is 2. The number of aliphatic hydroxyl groups is 1. The number of rotatable bonds is 0. The second-order valence-electron chi connectivity index (χ2n) is 6.89. The standard InChI is InChI=1S/C15H24O4/c1-8-4-5-11-9(2)13(16)18-14-12(11)10(8)6-7-15(3,17)19-14/h8-12,14,17H,4-7H2,1-3H3. The molecule has 0 aromatic rings. The third-order valence-electron chi connectivity index (χ3n) is 5.55. The molecule has 0 bridgehead atoms. The molecule has 108 valence electrons. The SMILES string of the molecule is CC1CCC2C(C)C(=O)OC3OC(C)(O)CCC1C32. The highest BCUT2D eigenvalue weighted by molar-refractivity contribution is 5.73. The van der Waals surface area contributed by atoms with Gasteiger partial charge in [-0.05, 0) is 37.5 Å². The van der Waals surface area contributed by atoms with Gasteiger partial charge in [0.25, 0.3) is 0 Å². The molecule has 4 nitrogen and oxygen atoms in total. The zero-order chi connectivity index (χ0) is 13.8. The monoisotopic (exact) mass is 268 g/mol. The lowest BCUT2D eigenvalue weighted by Crippen LogP contribution is -2.52. The number of hydrogen-bond donors (Lipinski definition) is 1. The highest BCUT2D eigenvalue weighted by Crippen LogP contribution is 2.51. The number of hydrogen-bond acceptors (Lipinski definition) is 4. The highest BCUT2D eigenvalue weighted by atomic mass is 16.8. The molecule has 2 aliphatic heterocycles. The van der Waals surface area contributed by atoms with Crippen LogP contribution in [0, 0.1) is 29.6 Å². The Kier molecular flexibility index (Phi) is 3.13. The average Bonchev–Trinajstić information content (AvgIpc) is 2.46. The molecule has 1 aliphatic carbocycles. The normalized spacial score (nSPS) is 54.0. The summed E-state index contributed by atoms with van der Waals surface area (Å²) in [6, 6.07) is 0. The van der Waals surface area contributed by atoms with Crippen molar-refractivity contribution >= 4 is 5.97 Å². The van der Waals surface area contributed by atoms with Crippen molar-refractivity contribution in [1.82, 2.24) is 0 Å². The fraction of sp³-hybridized carbons (Fsp3) is 0.933. The summed E-state index contributed by atoms with van der Waals surface area (Å²) in [6.07, 6.45) is 3.25. The predicted molar refractivity (Wildman–Crippen MR) is 68.9 cm³/mol. The van der Waals surface area contributed by atoms with E-state index in [1.807, 2.05) is 6.92 Å². The molecular formula is C15H24O4. The Hall–Kier alpha value is -0.610. The van der Waals surface area contributed by atoms with E-state index in [0.717, 1.165) is 19.3 Å². The molecule has 0 amide bonds. The van der Waals surface area contributed by atoms with Crippen LogP contribution in [0.25, 0.3) is 0 Å². The highest BCUT2D eigenvalue weighted by Gasteiger charge is 2.54. The van der Waals surface area contributed by atoms with E-state index < -0.39 is 12.1 Å². The van der Waals surface area contributed by atoms with Gasteiger partial charge in [-0.15, -0.1) is 0 Å². The molecule has 3 aliphatic rings. The molecule has 3 rings (SSSR count). The summed E-state index contributed by atoms with van der Waals surface area (Å²) < 4.78 is 11.2. The van der Waals surface area contributed by atoms with E-state index in [1.165, 1.54) is 0 Å². The molecule has 0 aromatic carbocycles. The van der Waals surface area contributed by atoms with Gasteiger partial charge >= 0.3 is 5.97 Å². The van der Waals surface area contributed by atoms with E-state index >= 15 is 0 Å². The summed E-state index contributed by atoms with van der Waals surface area (Å²) in [7, 11) is 0. The number of carbonyl (C=O) groups excluding carboxylic acids is 1. The van der Waals surface area contributed by atoms with Crippen molar-refractivity contribution in [2.45, 2.75) is 58.5 Å². The van der Waals surface area contributed by atoms with E-state index in [2.05, 4.69) is 6.92 Å². The molecule has 0 spiro atoms. The maximum atomic E-state index is 12.0. The second kappa shape index (κ2) is 4.45. The first kappa shape index (κ1) is 13.4. The Bertz CT molecular complexity index is 378. The molecule has 1 N–H and O–H groups in total. The van der Waals surface area contributed by atoms with Crippen LogP contribution < -0.4 is 0 Å². The summed E-state index contributed by atoms with van der Waals surface area (Å²) in [5.41, 5.74) is 0. The first-order valence-corrected chi connectivity index (χ1v) is 7.50. The largest absolute Gasteiger partial charge is 0.435 e. The van der Waals surface area contributed by atoms with Gasteiger partial charge in [0, 0.05) is 12.3 Å². The van der Waals surface area contributed by atoms with Crippen LogP contribution in [0.5, 0.6) is 0 Å². The minimum Gasteiger partial charge on any atom is -0.435 e. The molecule has 2 saturated heterocycles. The van der Waals surface area contributed by atoms with Crippen molar-refractivity contribution in [3.8, 4) is 0 Å². The molecule has 0 aromatic heterocycles. The van der Waals surface area contributed by atoms with Crippen molar-refractivity contribution in [2.75, 3.05) is 0 Å². The molecule has 19 heavy (non-hydrogen) atoms. The van der Waals surface area contributed by atoms with Crippen molar-refractivity contribution in [2.24, 2.45) is 29.6 Å². The van der Waals surface area contributed by atoms with Crippen LogP contribution in [0.15, 0.2) is 0 Å². The van der Waals surface area contributed by atoms with Crippen LogP contribution in [0.1, 0.15) is 46.5 Å². The zero-order valence-electron chi connectivity index (χ0n) is 12.0. The molecule has 3 fully saturated rings. The maximum Gasteiger partial charge on any atom is 0.311 e. The lowest BCUT2D eigenvalue weighted by atomic mass is 9.61. The smallest absolute Gasteiger partial charge is 0.311 e. The van der Waals surface area contributed by atoms with Crippen molar-refractivity contribution in [3.63, 3.8) is 0 Å². The van der Waals surface area contributed by atoms with Crippen LogP contribution in [-0.2, 0) is 14.3 Å². The quantitative estimate of drug-likeness (QED) is 0.685. The number of esters is 1. The Morgan fingerprint density at radius 1 is 1.21 bits per heavy atom. The van der Waals surface area contributed by atoms with Crippen LogP contribution >= 0.6 is 0 Å². The Morgan fingerprint density at radius 2 is 1.95 bits per heavy atom. The van der Waals surface area contributed by atoms with Crippen LogP contribution in [0.4, 0.5) is 0 Å². The predicted octanol–water partition coefficient (Wildman–Crippen LogP) is 2.30.